The standard InChI is InChI=1S/C16H16N4O6S2/c1-24-12-8-13(25-2)20-15(17-12)18-16(27-20)19-28(22,23)9-10-6-4-5-7-11(10)14(21)26-3/h4-8H,9H2,1-3H3. The maximum atomic E-state index is 12.5. The number of carbonyl (C=O) groups is 1. The molecule has 28 heavy (non-hydrogen) atoms. The zero-order valence-corrected chi connectivity index (χ0v) is 16.8. The molecular weight excluding hydrogens is 408 g/mol. The highest BCUT2D eigenvalue weighted by atomic mass is 32.2. The SMILES string of the molecule is COC(=O)c1ccccc1CS(=O)(=O)N=c1nc2nc(OC)cc(OC)n2s1. The average Bonchev–Trinajstić information content (AvgIpc) is 3.07. The van der Waals surface area contributed by atoms with E-state index in [4.69, 9.17) is 9.47 Å². The summed E-state index contributed by atoms with van der Waals surface area (Å²) in [6.45, 7) is 0. The summed E-state index contributed by atoms with van der Waals surface area (Å²) in [6, 6.07) is 7.81. The fourth-order valence-electron chi connectivity index (χ4n) is 2.37. The number of aromatic nitrogens is 3. The predicted molar refractivity (Wildman–Crippen MR) is 99.9 cm³/mol. The summed E-state index contributed by atoms with van der Waals surface area (Å²) in [7, 11) is 0.144. The molecule has 148 valence electrons. The molecule has 2 aromatic heterocycles. The number of sulfonamides is 1. The van der Waals surface area contributed by atoms with Crippen molar-refractivity contribution in [2.75, 3.05) is 21.3 Å². The monoisotopic (exact) mass is 424 g/mol. The second-order valence-corrected chi connectivity index (χ2v) is 7.94. The Kier molecular flexibility index (Phi) is 5.61. The highest BCUT2D eigenvalue weighted by molar-refractivity contribution is 7.89. The molecule has 0 bridgehead atoms. The van der Waals surface area contributed by atoms with Crippen molar-refractivity contribution in [3.05, 3.63) is 46.3 Å². The molecule has 0 aliphatic carbocycles. The number of nitrogens with zero attached hydrogens (tertiary/aromatic N) is 4. The number of fused-ring (bicyclic) bond motifs is 1. The van der Waals surface area contributed by atoms with Gasteiger partial charge in [-0.1, -0.05) is 18.2 Å². The quantitative estimate of drug-likeness (QED) is 0.538. The zero-order valence-electron chi connectivity index (χ0n) is 15.1. The van der Waals surface area contributed by atoms with Crippen LogP contribution in [0.2, 0.25) is 0 Å². The lowest BCUT2D eigenvalue weighted by Gasteiger charge is -2.05. The minimum atomic E-state index is -3.98. The Balaban J connectivity index is 2.02. The van der Waals surface area contributed by atoms with Gasteiger partial charge in [0.25, 0.3) is 15.8 Å². The zero-order chi connectivity index (χ0) is 20.3. The molecule has 0 amide bonds. The number of hydrogen-bond acceptors (Lipinski definition) is 9. The molecule has 1 aromatic carbocycles. The summed E-state index contributed by atoms with van der Waals surface area (Å²) in [4.78, 5) is 20.0. The second-order valence-electron chi connectivity index (χ2n) is 5.39. The summed E-state index contributed by atoms with van der Waals surface area (Å²) in [5.41, 5.74) is 0.444. The molecule has 3 aromatic rings. The Morgan fingerprint density at radius 1 is 1.18 bits per heavy atom. The first-order valence-electron chi connectivity index (χ1n) is 7.81. The molecule has 0 saturated heterocycles. The Hall–Kier alpha value is -2.99. The number of rotatable bonds is 6. The van der Waals surface area contributed by atoms with E-state index in [0.717, 1.165) is 11.5 Å². The fourth-order valence-corrected chi connectivity index (χ4v) is 4.50. The van der Waals surface area contributed by atoms with Gasteiger partial charge in [-0.25, -0.2) is 13.2 Å². The molecule has 0 unspecified atom stereocenters. The van der Waals surface area contributed by atoms with Crippen molar-refractivity contribution < 1.29 is 27.4 Å². The summed E-state index contributed by atoms with van der Waals surface area (Å²) < 4.78 is 45.3. The Labute approximate surface area is 164 Å². The molecule has 0 atom stereocenters. The normalized spacial score (nSPS) is 12.2. The number of esters is 1. The van der Waals surface area contributed by atoms with Crippen LogP contribution in [0.3, 0.4) is 0 Å². The van der Waals surface area contributed by atoms with Crippen LogP contribution in [0.25, 0.3) is 5.78 Å². The first-order chi connectivity index (χ1) is 13.4. The lowest BCUT2D eigenvalue weighted by molar-refractivity contribution is 0.0600. The van der Waals surface area contributed by atoms with Gasteiger partial charge in [-0.2, -0.15) is 13.8 Å². The number of benzene rings is 1. The van der Waals surface area contributed by atoms with E-state index in [1.54, 1.807) is 12.1 Å². The first kappa shape index (κ1) is 19.8. The molecule has 0 radical (unpaired) electrons. The van der Waals surface area contributed by atoms with E-state index in [-0.39, 0.29) is 27.6 Å². The van der Waals surface area contributed by atoms with Crippen molar-refractivity contribution in [3.8, 4) is 11.8 Å². The largest absolute Gasteiger partial charge is 0.481 e. The molecule has 12 heteroatoms. The molecule has 0 fully saturated rings. The Morgan fingerprint density at radius 2 is 1.93 bits per heavy atom. The van der Waals surface area contributed by atoms with E-state index in [9.17, 15) is 13.2 Å². The van der Waals surface area contributed by atoms with Gasteiger partial charge in [0.1, 0.15) is 0 Å². The summed E-state index contributed by atoms with van der Waals surface area (Å²) in [5, 5.41) is 0. The number of ether oxygens (including phenoxy) is 3. The van der Waals surface area contributed by atoms with Gasteiger partial charge >= 0.3 is 5.97 Å². The van der Waals surface area contributed by atoms with Gasteiger partial charge in [0.2, 0.25) is 16.6 Å². The van der Waals surface area contributed by atoms with Crippen LogP contribution in [-0.4, -0.2) is 49.5 Å². The van der Waals surface area contributed by atoms with Crippen molar-refractivity contribution in [1.29, 1.82) is 0 Å². The van der Waals surface area contributed by atoms with Crippen molar-refractivity contribution in [3.63, 3.8) is 0 Å². The summed E-state index contributed by atoms with van der Waals surface area (Å²) >= 11 is 0.945. The highest BCUT2D eigenvalue weighted by Crippen LogP contribution is 2.20. The van der Waals surface area contributed by atoms with Crippen molar-refractivity contribution in [1.82, 2.24) is 13.8 Å². The van der Waals surface area contributed by atoms with E-state index >= 15 is 0 Å². The van der Waals surface area contributed by atoms with E-state index in [1.807, 2.05) is 0 Å². The number of methoxy groups -OCH3 is 3. The third-order valence-corrected chi connectivity index (χ3v) is 5.72. The topological polar surface area (TPSA) is 121 Å². The average molecular weight is 424 g/mol. The fraction of sp³-hybridized carbons (Fsp3) is 0.250. The summed E-state index contributed by atoms with van der Waals surface area (Å²) in [6.07, 6.45) is 0. The third-order valence-electron chi connectivity index (χ3n) is 3.60. The van der Waals surface area contributed by atoms with Gasteiger partial charge in [-0.3, -0.25) is 0 Å². The lowest BCUT2D eigenvalue weighted by atomic mass is 10.1. The second kappa shape index (κ2) is 7.94. The van der Waals surface area contributed by atoms with E-state index in [2.05, 4.69) is 19.1 Å². The van der Waals surface area contributed by atoms with Crippen LogP contribution in [0.5, 0.6) is 11.8 Å². The minimum Gasteiger partial charge on any atom is -0.481 e. The van der Waals surface area contributed by atoms with Crippen LogP contribution in [0.1, 0.15) is 15.9 Å². The van der Waals surface area contributed by atoms with Crippen molar-refractivity contribution >= 4 is 33.3 Å². The molecule has 0 saturated carbocycles. The van der Waals surface area contributed by atoms with E-state index < -0.39 is 21.7 Å². The van der Waals surface area contributed by atoms with E-state index in [1.165, 1.54) is 43.3 Å². The van der Waals surface area contributed by atoms with Crippen LogP contribution in [0.4, 0.5) is 0 Å². The molecule has 3 rings (SSSR count). The van der Waals surface area contributed by atoms with Crippen LogP contribution < -0.4 is 14.3 Å². The van der Waals surface area contributed by atoms with Crippen molar-refractivity contribution in [2.45, 2.75) is 5.75 Å². The van der Waals surface area contributed by atoms with E-state index in [0.29, 0.717) is 5.88 Å². The number of hydrogen-bond donors (Lipinski definition) is 0. The molecule has 10 nitrogen and oxygen atoms in total. The van der Waals surface area contributed by atoms with Crippen molar-refractivity contribution in [2.24, 2.45) is 4.40 Å². The van der Waals surface area contributed by atoms with Gasteiger partial charge in [-0.15, -0.1) is 4.40 Å². The number of carbonyl (C=O) groups excluding carboxylic acids is 1. The summed E-state index contributed by atoms with van der Waals surface area (Å²) in [5.74, 6) is -0.280. The molecule has 2 heterocycles. The van der Waals surface area contributed by atoms with Gasteiger partial charge in [-0.05, 0) is 23.2 Å². The first-order valence-corrected chi connectivity index (χ1v) is 10.2. The maximum Gasteiger partial charge on any atom is 0.338 e. The minimum absolute atomic E-state index is 0.0328. The van der Waals surface area contributed by atoms with Gasteiger partial charge < -0.3 is 14.2 Å². The molecule has 0 spiro atoms. The molecular formula is C16H16N4O6S2. The highest BCUT2D eigenvalue weighted by Gasteiger charge is 2.18. The van der Waals surface area contributed by atoms with Gasteiger partial charge in [0.05, 0.1) is 38.7 Å². The van der Waals surface area contributed by atoms with Crippen LogP contribution in [0.15, 0.2) is 34.7 Å². The Bertz CT molecular complexity index is 1200. The molecule has 0 N–H and O–H groups in total. The predicted octanol–water partition coefficient (Wildman–Crippen LogP) is 1.03. The smallest absolute Gasteiger partial charge is 0.338 e. The van der Waals surface area contributed by atoms with Gasteiger partial charge in [0, 0.05) is 0 Å². The maximum absolute atomic E-state index is 12.5. The van der Waals surface area contributed by atoms with Crippen LogP contribution in [-0.2, 0) is 20.5 Å². The molecule has 0 aliphatic heterocycles. The van der Waals surface area contributed by atoms with Crippen LogP contribution >= 0.6 is 11.5 Å². The third kappa shape index (κ3) is 4.12. The van der Waals surface area contributed by atoms with Gasteiger partial charge in [0.15, 0.2) is 0 Å². The molecule has 0 aliphatic rings. The lowest BCUT2D eigenvalue weighted by Crippen LogP contribution is -2.12. The van der Waals surface area contributed by atoms with Crippen LogP contribution in [0, 0.1) is 0 Å². The Morgan fingerprint density at radius 3 is 2.61 bits per heavy atom.